The summed E-state index contributed by atoms with van der Waals surface area (Å²) in [5.74, 6) is 0.779. The molecule has 0 amide bonds. The number of hydrogen-bond donors (Lipinski definition) is 1. The number of aliphatic imine (C=N–C) groups is 1. The van der Waals surface area contributed by atoms with Gasteiger partial charge in [-0.15, -0.1) is 0 Å². The van der Waals surface area contributed by atoms with Gasteiger partial charge < -0.3 is 4.74 Å². The Hall–Kier alpha value is -3.68. The number of hydrogen-bond acceptors (Lipinski definition) is 5. The van der Waals surface area contributed by atoms with Crippen molar-refractivity contribution in [3.63, 3.8) is 0 Å². The maximum atomic E-state index is 13.1. The molecular weight excluding hydrogens is 384 g/mol. The van der Waals surface area contributed by atoms with Crippen molar-refractivity contribution in [2.24, 2.45) is 4.99 Å². The Balaban J connectivity index is 1.94. The van der Waals surface area contributed by atoms with Crippen LogP contribution in [0.5, 0.6) is 5.75 Å². The molecule has 3 aromatic rings. The van der Waals surface area contributed by atoms with Crippen molar-refractivity contribution in [1.29, 1.82) is 0 Å². The third kappa shape index (κ3) is 4.48. The monoisotopic (exact) mass is 408 g/mol. The second kappa shape index (κ2) is 9.21. The van der Waals surface area contributed by atoms with Crippen LogP contribution in [0.1, 0.15) is 37.1 Å². The molecule has 0 aliphatic carbocycles. The van der Waals surface area contributed by atoms with E-state index in [1.54, 1.807) is 19.2 Å². The summed E-state index contributed by atoms with van der Waals surface area (Å²) in [5, 5.41) is 14.0. The zero-order chi connectivity index (χ0) is 21.7. The predicted molar refractivity (Wildman–Crippen MR) is 116 cm³/mol. The van der Waals surface area contributed by atoms with Crippen LogP contribution < -0.4 is 10.3 Å². The maximum Gasteiger partial charge on any atom is 0.280 e. The molecule has 0 spiro atoms. The highest BCUT2D eigenvalue weighted by atomic mass is 16.6. The summed E-state index contributed by atoms with van der Waals surface area (Å²) in [6.45, 7) is 4.31. The number of benzene rings is 2. The SMILES string of the molecule is CCCc1[nH]n(-c2ccc([N+](=O)[O-])cc2)c(=O)c1C(C)=NCc1ccc(OC)cc1. The van der Waals surface area contributed by atoms with Crippen LogP contribution in [0.4, 0.5) is 5.69 Å². The number of rotatable bonds is 8. The molecule has 30 heavy (non-hydrogen) atoms. The standard InChI is InChI=1S/C22H24N4O4/c1-4-5-20-21(15(2)23-14-16-6-12-19(30-3)13-7-16)22(27)25(24-20)17-8-10-18(11-9-17)26(28)29/h6-13,24H,4-5,14H2,1-3H3. The van der Waals surface area contributed by atoms with E-state index >= 15 is 0 Å². The van der Waals surface area contributed by atoms with Crippen molar-refractivity contribution >= 4 is 11.4 Å². The van der Waals surface area contributed by atoms with Crippen molar-refractivity contribution < 1.29 is 9.66 Å². The third-order valence-corrected chi connectivity index (χ3v) is 4.80. The zero-order valence-electron chi connectivity index (χ0n) is 17.2. The molecule has 0 saturated carbocycles. The molecule has 0 radical (unpaired) electrons. The Morgan fingerprint density at radius 2 is 1.83 bits per heavy atom. The van der Waals surface area contributed by atoms with Gasteiger partial charge in [-0.25, -0.2) is 4.68 Å². The van der Waals surface area contributed by atoms with Gasteiger partial charge in [-0.05, 0) is 43.2 Å². The second-order valence-corrected chi connectivity index (χ2v) is 6.88. The molecular formula is C22H24N4O4. The first-order valence-electron chi connectivity index (χ1n) is 9.67. The number of methoxy groups -OCH3 is 1. The first-order chi connectivity index (χ1) is 14.4. The van der Waals surface area contributed by atoms with Crippen molar-refractivity contribution in [2.45, 2.75) is 33.2 Å². The van der Waals surface area contributed by atoms with Gasteiger partial charge in [-0.3, -0.25) is 25.0 Å². The minimum atomic E-state index is -0.467. The molecule has 156 valence electrons. The quantitative estimate of drug-likeness (QED) is 0.345. The van der Waals surface area contributed by atoms with Crippen LogP contribution in [-0.4, -0.2) is 27.5 Å². The largest absolute Gasteiger partial charge is 0.497 e. The molecule has 2 aromatic carbocycles. The van der Waals surface area contributed by atoms with E-state index < -0.39 is 4.92 Å². The fourth-order valence-electron chi connectivity index (χ4n) is 3.21. The summed E-state index contributed by atoms with van der Waals surface area (Å²) in [4.78, 5) is 28.2. The van der Waals surface area contributed by atoms with Gasteiger partial charge in [0.15, 0.2) is 0 Å². The molecule has 0 unspecified atom stereocenters. The maximum absolute atomic E-state index is 13.1. The molecule has 0 saturated heterocycles. The minimum absolute atomic E-state index is 0.0235. The highest BCUT2D eigenvalue weighted by Crippen LogP contribution is 2.16. The smallest absolute Gasteiger partial charge is 0.280 e. The fraction of sp³-hybridized carbons (Fsp3) is 0.273. The summed E-state index contributed by atoms with van der Waals surface area (Å²) >= 11 is 0. The lowest BCUT2D eigenvalue weighted by molar-refractivity contribution is -0.384. The number of aromatic amines is 1. The van der Waals surface area contributed by atoms with Gasteiger partial charge >= 0.3 is 0 Å². The Bertz CT molecular complexity index is 1110. The third-order valence-electron chi connectivity index (χ3n) is 4.80. The van der Waals surface area contributed by atoms with Crippen LogP contribution in [0.2, 0.25) is 0 Å². The van der Waals surface area contributed by atoms with Crippen molar-refractivity contribution in [2.75, 3.05) is 7.11 Å². The zero-order valence-corrected chi connectivity index (χ0v) is 17.2. The molecule has 1 heterocycles. The second-order valence-electron chi connectivity index (χ2n) is 6.88. The Morgan fingerprint density at radius 3 is 2.40 bits per heavy atom. The van der Waals surface area contributed by atoms with Gasteiger partial charge in [0.25, 0.3) is 11.2 Å². The average molecular weight is 408 g/mol. The summed E-state index contributed by atoms with van der Waals surface area (Å²) in [6.07, 6.45) is 1.55. The number of nitrogens with zero attached hydrogens (tertiary/aromatic N) is 3. The Morgan fingerprint density at radius 1 is 1.17 bits per heavy atom. The van der Waals surface area contributed by atoms with Gasteiger partial charge in [-0.1, -0.05) is 25.5 Å². The molecule has 8 heteroatoms. The van der Waals surface area contributed by atoms with E-state index in [1.807, 2.05) is 38.1 Å². The van der Waals surface area contributed by atoms with Gasteiger partial charge in [0, 0.05) is 23.5 Å². The molecule has 0 atom stereocenters. The minimum Gasteiger partial charge on any atom is -0.497 e. The molecule has 0 aliphatic rings. The number of ether oxygens (including phenoxy) is 1. The topological polar surface area (TPSA) is 103 Å². The molecule has 0 aliphatic heterocycles. The van der Waals surface area contributed by atoms with E-state index in [1.165, 1.54) is 16.8 Å². The fourth-order valence-corrected chi connectivity index (χ4v) is 3.21. The van der Waals surface area contributed by atoms with Crippen LogP contribution in [0.15, 0.2) is 58.3 Å². The molecule has 1 aromatic heterocycles. The number of nitro groups is 1. The highest BCUT2D eigenvalue weighted by molar-refractivity contribution is 5.99. The van der Waals surface area contributed by atoms with Gasteiger partial charge in [-0.2, -0.15) is 0 Å². The van der Waals surface area contributed by atoms with E-state index in [9.17, 15) is 14.9 Å². The predicted octanol–water partition coefficient (Wildman–Crippen LogP) is 4.04. The number of nitro benzene ring substituents is 1. The lowest BCUT2D eigenvalue weighted by atomic mass is 10.1. The summed E-state index contributed by atoms with van der Waals surface area (Å²) in [7, 11) is 1.62. The van der Waals surface area contributed by atoms with Crippen LogP contribution >= 0.6 is 0 Å². The van der Waals surface area contributed by atoms with Crippen LogP contribution in [0.3, 0.4) is 0 Å². The number of aryl methyl sites for hydroxylation is 1. The Labute approximate surface area is 174 Å². The highest BCUT2D eigenvalue weighted by Gasteiger charge is 2.18. The Kier molecular flexibility index (Phi) is 6.46. The van der Waals surface area contributed by atoms with Crippen molar-refractivity contribution in [3.8, 4) is 11.4 Å². The first-order valence-corrected chi connectivity index (χ1v) is 9.67. The van der Waals surface area contributed by atoms with E-state index in [4.69, 9.17) is 4.74 Å². The number of aromatic nitrogens is 2. The van der Waals surface area contributed by atoms with E-state index in [0.717, 1.165) is 23.4 Å². The lowest BCUT2D eigenvalue weighted by Gasteiger charge is -2.03. The number of non-ortho nitro benzene ring substituents is 1. The van der Waals surface area contributed by atoms with Crippen molar-refractivity contribution in [3.05, 3.63) is 85.8 Å². The molecule has 0 fully saturated rings. The molecule has 3 rings (SSSR count). The molecule has 8 nitrogen and oxygen atoms in total. The average Bonchev–Trinajstić information content (AvgIpc) is 3.08. The number of nitrogens with one attached hydrogen (secondary N) is 1. The molecule has 1 N–H and O–H groups in total. The lowest BCUT2D eigenvalue weighted by Crippen LogP contribution is -2.20. The number of H-pyrrole nitrogens is 1. The summed E-state index contributed by atoms with van der Waals surface area (Å²) in [5.41, 5.74) is 3.31. The van der Waals surface area contributed by atoms with Gasteiger partial charge in [0.1, 0.15) is 5.75 Å². The molecule has 0 bridgehead atoms. The van der Waals surface area contributed by atoms with Crippen LogP contribution in [-0.2, 0) is 13.0 Å². The van der Waals surface area contributed by atoms with E-state index in [-0.39, 0.29) is 11.2 Å². The van der Waals surface area contributed by atoms with Crippen molar-refractivity contribution in [1.82, 2.24) is 9.78 Å². The normalized spacial score (nSPS) is 11.5. The van der Waals surface area contributed by atoms with Gasteiger partial charge in [0.2, 0.25) is 0 Å². The van der Waals surface area contributed by atoms with E-state index in [0.29, 0.717) is 29.9 Å². The van der Waals surface area contributed by atoms with E-state index in [2.05, 4.69) is 10.1 Å². The first kappa shape index (κ1) is 21.0. The summed E-state index contributed by atoms with van der Waals surface area (Å²) < 4.78 is 6.58. The van der Waals surface area contributed by atoms with Crippen LogP contribution in [0.25, 0.3) is 5.69 Å². The van der Waals surface area contributed by atoms with Gasteiger partial charge in [0.05, 0.1) is 29.8 Å². The summed E-state index contributed by atoms with van der Waals surface area (Å²) in [6, 6.07) is 13.5. The van der Waals surface area contributed by atoms with Crippen LogP contribution in [0, 0.1) is 10.1 Å².